The van der Waals surface area contributed by atoms with E-state index < -0.39 is 0 Å². The Balaban J connectivity index is 1.40. The van der Waals surface area contributed by atoms with E-state index in [1.807, 2.05) is 18.4 Å². The monoisotopic (exact) mass is 315 g/mol. The van der Waals surface area contributed by atoms with Crippen LogP contribution in [-0.2, 0) is 6.54 Å². The van der Waals surface area contributed by atoms with Gasteiger partial charge in [0.2, 0.25) is 0 Å². The summed E-state index contributed by atoms with van der Waals surface area (Å²) in [5.74, 6) is 0. The average Bonchev–Trinajstić information content (AvgIpc) is 3.05. The Kier molecular flexibility index (Phi) is 4.30. The number of rotatable bonds is 4. The first-order valence-electron chi connectivity index (χ1n) is 8.48. The second kappa shape index (κ2) is 6.90. The largest absolute Gasteiger partial charge is 0.464 e. The molecule has 1 aliphatic heterocycles. The second-order valence-corrected chi connectivity index (χ2v) is 6.27. The van der Waals surface area contributed by atoms with Crippen LogP contribution in [0.15, 0.2) is 83.0 Å². The first-order chi connectivity index (χ1) is 11.9. The molecule has 1 aromatic heterocycles. The minimum atomic E-state index is 0.948. The number of fused-ring (bicyclic) bond motifs is 1. The Labute approximate surface area is 142 Å². The first kappa shape index (κ1) is 15.0. The van der Waals surface area contributed by atoms with Gasteiger partial charge in [-0.2, -0.15) is 0 Å². The minimum absolute atomic E-state index is 0.948. The van der Waals surface area contributed by atoms with Gasteiger partial charge in [-0.3, -0.25) is 4.90 Å². The predicted molar refractivity (Wildman–Crippen MR) is 99.7 cm³/mol. The van der Waals surface area contributed by atoms with Gasteiger partial charge in [-0.05, 0) is 23.6 Å². The van der Waals surface area contributed by atoms with E-state index in [0.29, 0.717) is 0 Å². The fourth-order valence-electron chi connectivity index (χ4n) is 3.19. The van der Waals surface area contributed by atoms with Crippen LogP contribution in [0.2, 0.25) is 0 Å². The number of benzene rings is 2. The zero-order valence-electron chi connectivity index (χ0n) is 13.7. The lowest BCUT2D eigenvalue weighted by Crippen LogP contribution is -2.27. The number of nitrogens with zero attached hydrogens (tertiary/aromatic N) is 1. The Morgan fingerprint density at radius 1 is 0.958 bits per heavy atom. The van der Waals surface area contributed by atoms with E-state index in [2.05, 4.69) is 65.6 Å². The third-order valence-corrected chi connectivity index (χ3v) is 4.57. The SMILES string of the molecule is C1=C(/C=C/c2ccccc2)CCN(Cc2coc3ccccc23)C1. The van der Waals surface area contributed by atoms with Crippen LogP contribution in [0.1, 0.15) is 17.5 Å². The van der Waals surface area contributed by atoms with Crippen molar-refractivity contribution in [2.75, 3.05) is 13.1 Å². The molecule has 2 nitrogen and oxygen atoms in total. The van der Waals surface area contributed by atoms with Gasteiger partial charge in [0, 0.05) is 30.6 Å². The van der Waals surface area contributed by atoms with Crippen LogP contribution in [0.4, 0.5) is 0 Å². The third kappa shape index (κ3) is 3.34. The molecule has 1 aliphatic rings. The number of hydrogen-bond donors (Lipinski definition) is 0. The molecule has 0 aliphatic carbocycles. The highest BCUT2D eigenvalue weighted by atomic mass is 16.3. The zero-order valence-corrected chi connectivity index (χ0v) is 13.7. The molecule has 0 N–H and O–H groups in total. The van der Waals surface area contributed by atoms with E-state index in [-0.39, 0.29) is 0 Å². The number of furan rings is 1. The quantitative estimate of drug-likeness (QED) is 0.651. The maximum absolute atomic E-state index is 5.65. The zero-order chi connectivity index (χ0) is 16.2. The summed E-state index contributed by atoms with van der Waals surface area (Å²) < 4.78 is 5.65. The Morgan fingerprint density at radius 2 is 1.79 bits per heavy atom. The van der Waals surface area contributed by atoms with Gasteiger partial charge in [-0.15, -0.1) is 0 Å². The van der Waals surface area contributed by atoms with Crippen LogP contribution >= 0.6 is 0 Å². The summed E-state index contributed by atoms with van der Waals surface area (Å²) in [6.45, 7) is 3.03. The molecule has 2 heterocycles. The molecule has 120 valence electrons. The Morgan fingerprint density at radius 3 is 2.62 bits per heavy atom. The molecule has 4 rings (SSSR count). The first-order valence-corrected chi connectivity index (χ1v) is 8.48. The van der Waals surface area contributed by atoms with E-state index in [1.54, 1.807) is 0 Å². The van der Waals surface area contributed by atoms with Crippen molar-refractivity contribution in [3.05, 3.63) is 89.7 Å². The highest BCUT2D eigenvalue weighted by Crippen LogP contribution is 2.23. The number of allylic oxidation sites excluding steroid dienone is 1. The molecule has 0 amide bonds. The lowest BCUT2D eigenvalue weighted by Gasteiger charge is -2.25. The fraction of sp³-hybridized carbons (Fsp3) is 0.182. The molecule has 0 atom stereocenters. The van der Waals surface area contributed by atoms with Gasteiger partial charge in [-0.1, -0.05) is 66.8 Å². The lowest BCUT2D eigenvalue weighted by atomic mass is 10.1. The van der Waals surface area contributed by atoms with Crippen molar-refractivity contribution >= 4 is 17.0 Å². The molecule has 0 radical (unpaired) electrons. The molecular weight excluding hydrogens is 294 g/mol. The van der Waals surface area contributed by atoms with E-state index in [4.69, 9.17) is 4.42 Å². The van der Waals surface area contributed by atoms with Crippen LogP contribution in [0.3, 0.4) is 0 Å². The number of hydrogen-bond acceptors (Lipinski definition) is 2. The van der Waals surface area contributed by atoms with E-state index >= 15 is 0 Å². The van der Waals surface area contributed by atoms with E-state index in [1.165, 1.54) is 22.1 Å². The van der Waals surface area contributed by atoms with Crippen molar-refractivity contribution in [3.63, 3.8) is 0 Å². The van der Waals surface area contributed by atoms with Crippen LogP contribution in [-0.4, -0.2) is 18.0 Å². The van der Waals surface area contributed by atoms with Crippen LogP contribution in [0, 0.1) is 0 Å². The van der Waals surface area contributed by atoms with Gasteiger partial charge in [0.15, 0.2) is 0 Å². The third-order valence-electron chi connectivity index (χ3n) is 4.57. The summed E-state index contributed by atoms with van der Waals surface area (Å²) in [7, 11) is 0. The van der Waals surface area contributed by atoms with Gasteiger partial charge in [0.1, 0.15) is 5.58 Å². The molecular formula is C22H21NO. The summed E-state index contributed by atoms with van der Waals surface area (Å²) in [5.41, 5.74) is 4.94. The van der Waals surface area contributed by atoms with E-state index in [9.17, 15) is 0 Å². The molecule has 0 bridgehead atoms. The summed E-state index contributed by atoms with van der Waals surface area (Å²) in [6, 6.07) is 18.7. The molecule has 0 unspecified atom stereocenters. The molecule has 0 spiro atoms. The van der Waals surface area contributed by atoms with Gasteiger partial charge >= 0.3 is 0 Å². The topological polar surface area (TPSA) is 16.4 Å². The molecule has 0 fully saturated rings. The minimum Gasteiger partial charge on any atom is -0.464 e. The van der Waals surface area contributed by atoms with Gasteiger partial charge in [-0.25, -0.2) is 0 Å². The molecule has 3 aromatic rings. The second-order valence-electron chi connectivity index (χ2n) is 6.27. The van der Waals surface area contributed by atoms with Crippen molar-refractivity contribution in [2.24, 2.45) is 0 Å². The summed E-state index contributed by atoms with van der Waals surface area (Å²) in [4.78, 5) is 2.47. The number of para-hydroxylation sites is 1. The molecule has 0 saturated heterocycles. The smallest absolute Gasteiger partial charge is 0.134 e. The predicted octanol–water partition coefficient (Wildman–Crippen LogP) is 5.28. The maximum Gasteiger partial charge on any atom is 0.134 e. The fourth-order valence-corrected chi connectivity index (χ4v) is 3.19. The molecule has 0 saturated carbocycles. The van der Waals surface area contributed by atoms with E-state index in [0.717, 1.165) is 31.6 Å². The van der Waals surface area contributed by atoms with Crippen LogP contribution < -0.4 is 0 Å². The van der Waals surface area contributed by atoms with Crippen molar-refractivity contribution < 1.29 is 4.42 Å². The summed E-state index contributed by atoms with van der Waals surface area (Å²) in [5, 5.41) is 1.23. The summed E-state index contributed by atoms with van der Waals surface area (Å²) in [6.07, 6.45) is 9.79. The summed E-state index contributed by atoms with van der Waals surface area (Å²) >= 11 is 0. The van der Waals surface area contributed by atoms with Crippen molar-refractivity contribution in [2.45, 2.75) is 13.0 Å². The van der Waals surface area contributed by atoms with Crippen molar-refractivity contribution in [1.29, 1.82) is 0 Å². The van der Waals surface area contributed by atoms with Gasteiger partial charge in [0.05, 0.1) is 6.26 Å². The lowest BCUT2D eigenvalue weighted by molar-refractivity contribution is 0.287. The average molecular weight is 315 g/mol. The molecule has 2 aromatic carbocycles. The van der Waals surface area contributed by atoms with Crippen LogP contribution in [0.25, 0.3) is 17.0 Å². The normalized spacial score (nSPS) is 15.9. The molecule has 24 heavy (non-hydrogen) atoms. The van der Waals surface area contributed by atoms with Crippen molar-refractivity contribution in [3.8, 4) is 0 Å². The Bertz CT molecular complexity index is 873. The van der Waals surface area contributed by atoms with Crippen molar-refractivity contribution in [1.82, 2.24) is 4.90 Å². The standard InChI is InChI=1S/C22H21NO/c1-2-6-18(7-3-1)10-11-19-12-14-23(15-13-19)16-20-17-24-22-9-5-4-8-21(20)22/h1-12,17H,13-16H2/b11-10+. The molecule has 2 heteroatoms. The Hall–Kier alpha value is -2.58. The highest BCUT2D eigenvalue weighted by molar-refractivity contribution is 5.80. The van der Waals surface area contributed by atoms with Gasteiger partial charge < -0.3 is 4.42 Å². The van der Waals surface area contributed by atoms with Gasteiger partial charge in [0.25, 0.3) is 0 Å². The highest BCUT2D eigenvalue weighted by Gasteiger charge is 2.13. The maximum atomic E-state index is 5.65. The van der Waals surface area contributed by atoms with Crippen LogP contribution in [0.5, 0.6) is 0 Å².